The highest BCUT2D eigenvalue weighted by Gasteiger charge is 2.31. The molecule has 0 radical (unpaired) electrons. The highest BCUT2D eigenvalue weighted by atomic mass is 16.5. The number of esters is 1. The number of anilines is 1. The molecule has 2 N–H and O–H groups in total. The SMILES string of the molecule is CCOC(=O)C(CCNC(=O)c1ccccc1)C1CCc2ccccc2N1. The molecule has 2 aromatic rings. The van der Waals surface area contributed by atoms with Gasteiger partial charge in [0, 0.05) is 23.8 Å². The number of aryl methyl sites for hydroxylation is 1. The largest absolute Gasteiger partial charge is 0.466 e. The average molecular weight is 366 g/mol. The topological polar surface area (TPSA) is 67.4 Å². The van der Waals surface area contributed by atoms with E-state index in [1.165, 1.54) is 5.56 Å². The lowest BCUT2D eigenvalue weighted by atomic mass is 9.87. The predicted octanol–water partition coefficient (Wildman–Crippen LogP) is 3.41. The van der Waals surface area contributed by atoms with E-state index in [4.69, 9.17) is 4.74 Å². The molecule has 0 saturated heterocycles. The van der Waals surface area contributed by atoms with Gasteiger partial charge >= 0.3 is 5.97 Å². The van der Waals surface area contributed by atoms with Crippen molar-refractivity contribution in [3.8, 4) is 0 Å². The Balaban J connectivity index is 1.62. The van der Waals surface area contributed by atoms with Gasteiger partial charge in [0.15, 0.2) is 0 Å². The summed E-state index contributed by atoms with van der Waals surface area (Å²) in [6, 6.07) is 17.3. The molecule has 142 valence electrons. The maximum Gasteiger partial charge on any atom is 0.311 e. The normalized spacial score (nSPS) is 16.6. The fraction of sp³-hybridized carbons (Fsp3) is 0.364. The van der Waals surface area contributed by atoms with Crippen LogP contribution in [0.3, 0.4) is 0 Å². The third kappa shape index (κ3) is 4.88. The van der Waals surface area contributed by atoms with Crippen LogP contribution >= 0.6 is 0 Å². The van der Waals surface area contributed by atoms with Crippen molar-refractivity contribution in [3.05, 3.63) is 65.7 Å². The first kappa shape index (κ1) is 19.0. The molecular weight excluding hydrogens is 340 g/mol. The Morgan fingerprint density at radius 3 is 2.67 bits per heavy atom. The molecule has 1 heterocycles. The lowest BCUT2D eigenvalue weighted by Gasteiger charge is -2.32. The van der Waals surface area contributed by atoms with Crippen LogP contribution in [-0.2, 0) is 16.0 Å². The van der Waals surface area contributed by atoms with Crippen LogP contribution in [-0.4, -0.2) is 31.1 Å². The number of ether oxygens (including phenoxy) is 1. The molecule has 1 aliphatic heterocycles. The van der Waals surface area contributed by atoms with Crippen molar-refractivity contribution in [1.29, 1.82) is 0 Å². The lowest BCUT2D eigenvalue weighted by Crippen LogP contribution is -2.40. The Morgan fingerprint density at radius 1 is 1.15 bits per heavy atom. The Morgan fingerprint density at radius 2 is 1.89 bits per heavy atom. The number of rotatable bonds is 7. The molecule has 27 heavy (non-hydrogen) atoms. The summed E-state index contributed by atoms with van der Waals surface area (Å²) in [4.78, 5) is 24.7. The van der Waals surface area contributed by atoms with E-state index in [0.717, 1.165) is 18.5 Å². The molecule has 0 spiro atoms. The van der Waals surface area contributed by atoms with Crippen molar-refractivity contribution in [1.82, 2.24) is 5.32 Å². The van der Waals surface area contributed by atoms with Gasteiger partial charge in [0.1, 0.15) is 0 Å². The van der Waals surface area contributed by atoms with Gasteiger partial charge < -0.3 is 15.4 Å². The number of hydrogen-bond donors (Lipinski definition) is 2. The second-order valence-electron chi connectivity index (χ2n) is 6.72. The van der Waals surface area contributed by atoms with Gasteiger partial charge in [0.2, 0.25) is 0 Å². The van der Waals surface area contributed by atoms with Crippen LogP contribution in [0.1, 0.15) is 35.7 Å². The van der Waals surface area contributed by atoms with Crippen molar-refractivity contribution < 1.29 is 14.3 Å². The summed E-state index contributed by atoms with van der Waals surface area (Å²) in [5.74, 6) is -0.627. The zero-order valence-corrected chi connectivity index (χ0v) is 15.6. The standard InChI is InChI=1S/C22H26N2O3/c1-2-27-22(26)18(14-15-23-21(25)17-9-4-3-5-10-17)20-13-12-16-8-6-7-11-19(16)24-20/h3-11,18,20,24H,2,12-15H2,1H3,(H,23,25). The highest BCUT2D eigenvalue weighted by Crippen LogP contribution is 2.29. The predicted molar refractivity (Wildman–Crippen MR) is 106 cm³/mol. The quantitative estimate of drug-likeness (QED) is 0.737. The van der Waals surface area contributed by atoms with Crippen LogP contribution in [0.25, 0.3) is 0 Å². The van der Waals surface area contributed by atoms with Crippen LogP contribution in [0.5, 0.6) is 0 Å². The third-order valence-electron chi connectivity index (χ3n) is 4.93. The summed E-state index contributed by atoms with van der Waals surface area (Å²) in [6.07, 6.45) is 2.34. The van der Waals surface area contributed by atoms with E-state index in [2.05, 4.69) is 16.7 Å². The summed E-state index contributed by atoms with van der Waals surface area (Å²) < 4.78 is 5.30. The van der Waals surface area contributed by atoms with E-state index in [9.17, 15) is 9.59 Å². The molecule has 1 amide bonds. The van der Waals surface area contributed by atoms with Crippen LogP contribution in [0.4, 0.5) is 5.69 Å². The number of para-hydroxylation sites is 1. The monoisotopic (exact) mass is 366 g/mol. The van der Waals surface area contributed by atoms with Gasteiger partial charge in [-0.15, -0.1) is 0 Å². The number of benzene rings is 2. The van der Waals surface area contributed by atoms with Crippen molar-refractivity contribution in [2.75, 3.05) is 18.5 Å². The van der Waals surface area contributed by atoms with Crippen LogP contribution in [0.15, 0.2) is 54.6 Å². The average Bonchev–Trinajstić information content (AvgIpc) is 2.71. The van der Waals surface area contributed by atoms with Gasteiger partial charge in [-0.3, -0.25) is 9.59 Å². The molecule has 2 unspecified atom stereocenters. The van der Waals surface area contributed by atoms with Gasteiger partial charge in [-0.05, 0) is 49.9 Å². The van der Waals surface area contributed by atoms with Crippen molar-refractivity contribution >= 4 is 17.6 Å². The van der Waals surface area contributed by atoms with Crippen molar-refractivity contribution in [2.45, 2.75) is 32.2 Å². The molecule has 0 fully saturated rings. The van der Waals surface area contributed by atoms with E-state index in [-0.39, 0.29) is 23.8 Å². The molecule has 0 aliphatic carbocycles. The number of fused-ring (bicyclic) bond motifs is 1. The Bertz CT molecular complexity index is 776. The molecule has 1 aliphatic rings. The van der Waals surface area contributed by atoms with E-state index in [0.29, 0.717) is 25.1 Å². The molecule has 5 heteroatoms. The zero-order chi connectivity index (χ0) is 19.1. The maximum absolute atomic E-state index is 12.5. The molecule has 0 aromatic heterocycles. The minimum atomic E-state index is -0.297. The molecular formula is C22H26N2O3. The highest BCUT2D eigenvalue weighted by molar-refractivity contribution is 5.94. The lowest BCUT2D eigenvalue weighted by molar-refractivity contribution is -0.148. The number of amides is 1. The first-order valence-corrected chi connectivity index (χ1v) is 9.53. The van der Waals surface area contributed by atoms with Crippen LogP contribution in [0, 0.1) is 5.92 Å². The second kappa shape index (κ2) is 9.21. The van der Waals surface area contributed by atoms with E-state index in [1.54, 1.807) is 12.1 Å². The van der Waals surface area contributed by atoms with Gasteiger partial charge in [-0.25, -0.2) is 0 Å². The molecule has 0 saturated carbocycles. The smallest absolute Gasteiger partial charge is 0.311 e. The second-order valence-corrected chi connectivity index (χ2v) is 6.72. The summed E-state index contributed by atoms with van der Waals surface area (Å²) in [5.41, 5.74) is 2.97. The summed E-state index contributed by atoms with van der Waals surface area (Å²) in [6.45, 7) is 2.60. The molecule has 0 bridgehead atoms. The summed E-state index contributed by atoms with van der Waals surface area (Å²) in [5, 5.41) is 6.40. The minimum absolute atomic E-state index is 0.00702. The third-order valence-corrected chi connectivity index (χ3v) is 4.93. The zero-order valence-electron chi connectivity index (χ0n) is 15.6. The Hall–Kier alpha value is -2.82. The first-order chi connectivity index (χ1) is 13.2. The van der Waals surface area contributed by atoms with Gasteiger partial charge in [-0.2, -0.15) is 0 Å². The van der Waals surface area contributed by atoms with Crippen LogP contribution < -0.4 is 10.6 Å². The molecule has 2 atom stereocenters. The van der Waals surface area contributed by atoms with E-state index < -0.39 is 0 Å². The number of hydrogen-bond acceptors (Lipinski definition) is 4. The van der Waals surface area contributed by atoms with Crippen molar-refractivity contribution in [3.63, 3.8) is 0 Å². The number of carbonyl (C=O) groups is 2. The Labute approximate surface area is 160 Å². The number of nitrogens with one attached hydrogen (secondary N) is 2. The van der Waals surface area contributed by atoms with Gasteiger partial charge in [0.25, 0.3) is 5.91 Å². The minimum Gasteiger partial charge on any atom is -0.466 e. The van der Waals surface area contributed by atoms with E-state index in [1.807, 2.05) is 43.3 Å². The molecule has 3 rings (SSSR count). The van der Waals surface area contributed by atoms with E-state index >= 15 is 0 Å². The van der Waals surface area contributed by atoms with Gasteiger partial charge in [0.05, 0.1) is 12.5 Å². The van der Waals surface area contributed by atoms with Gasteiger partial charge in [-0.1, -0.05) is 36.4 Å². The summed E-state index contributed by atoms with van der Waals surface area (Å²) >= 11 is 0. The first-order valence-electron chi connectivity index (χ1n) is 9.53. The summed E-state index contributed by atoms with van der Waals surface area (Å²) in [7, 11) is 0. The maximum atomic E-state index is 12.5. The number of carbonyl (C=O) groups excluding carboxylic acids is 2. The van der Waals surface area contributed by atoms with Crippen LogP contribution in [0.2, 0.25) is 0 Å². The van der Waals surface area contributed by atoms with Crippen molar-refractivity contribution in [2.24, 2.45) is 5.92 Å². The molecule has 2 aromatic carbocycles. The fourth-order valence-corrected chi connectivity index (χ4v) is 3.53. The molecule has 5 nitrogen and oxygen atoms in total. The Kier molecular flexibility index (Phi) is 6.47. The fourth-order valence-electron chi connectivity index (χ4n) is 3.53.